The van der Waals surface area contributed by atoms with Crippen LogP contribution in [0.3, 0.4) is 0 Å². The number of benzene rings is 2. The predicted molar refractivity (Wildman–Crippen MR) is 150 cm³/mol. The van der Waals surface area contributed by atoms with Gasteiger partial charge in [-0.3, -0.25) is 9.52 Å². The molecule has 11 rings (SSSR count). The van der Waals surface area contributed by atoms with E-state index in [-0.39, 0.29) is 69.7 Å². The second kappa shape index (κ2) is 7.97. The van der Waals surface area contributed by atoms with E-state index in [1.165, 1.54) is 41.3 Å². The van der Waals surface area contributed by atoms with E-state index >= 15 is 8.78 Å². The molecule has 7 aliphatic carbocycles. The Hall–Kier alpha value is -3.59. The molecule has 9 aliphatic rings. The summed E-state index contributed by atoms with van der Waals surface area (Å²) in [6, 6.07) is 8.77. The standard InChI is InChI=1S/C29H25F3N4O6S2/c1-43(39,40)34-12-6-7-13-14(8-12)44(41,42)35-27(33-13)22-26(37)21-15-16-18-20(19-17(15)24(19)29(31,32)23(16)18)25(21)36(28(22)38)9-10-2-4-11(30)5-3-10/h2-8,15-21,23-25,34,37H,9H2,1H3,(H,33,35)/t15?,16?,17?,18?,19?,20?,21-,23?,24?,25+/m1/s1. The molecule has 2 aromatic rings. The summed E-state index contributed by atoms with van der Waals surface area (Å²) in [6.07, 6.45) is 0.917. The summed E-state index contributed by atoms with van der Waals surface area (Å²) < 4.78 is 100. The van der Waals surface area contributed by atoms with Crippen molar-refractivity contribution >= 4 is 43.2 Å². The lowest BCUT2D eigenvalue weighted by Crippen LogP contribution is -2.61. The number of carbonyl (C=O) groups is 1. The number of aliphatic hydroxyl groups excluding tert-OH is 1. The topological polar surface area (TPSA) is 145 Å². The van der Waals surface area contributed by atoms with Gasteiger partial charge >= 0.3 is 0 Å². The Morgan fingerprint density at radius 1 is 1.02 bits per heavy atom. The molecule has 2 heterocycles. The van der Waals surface area contributed by atoms with Crippen LogP contribution in [0.1, 0.15) is 5.56 Å². The highest BCUT2D eigenvalue weighted by Crippen LogP contribution is 2.90. The summed E-state index contributed by atoms with van der Waals surface area (Å²) in [5.41, 5.74) is 0.262. The maximum Gasteiger partial charge on any atom is 0.286 e. The normalized spacial score (nSPS) is 39.1. The molecule has 7 fully saturated rings. The van der Waals surface area contributed by atoms with Crippen LogP contribution in [0.2, 0.25) is 0 Å². The number of halogens is 3. The van der Waals surface area contributed by atoms with Gasteiger partial charge in [0.15, 0.2) is 5.84 Å². The molecule has 1 amide bonds. The van der Waals surface area contributed by atoms with Crippen molar-refractivity contribution < 1.29 is 39.9 Å². The molecule has 8 atom stereocenters. The summed E-state index contributed by atoms with van der Waals surface area (Å²) >= 11 is 0. The first-order chi connectivity index (χ1) is 20.7. The van der Waals surface area contributed by atoms with Crippen LogP contribution in [-0.2, 0) is 31.4 Å². The van der Waals surface area contributed by atoms with Gasteiger partial charge in [-0.25, -0.2) is 21.6 Å². The number of amidine groups is 1. The molecule has 0 saturated heterocycles. The van der Waals surface area contributed by atoms with Gasteiger partial charge < -0.3 is 15.3 Å². The number of amides is 1. The fourth-order valence-electron chi connectivity index (χ4n) is 9.90. The average Bonchev–Trinajstić information content (AvgIpc) is 3.84. The van der Waals surface area contributed by atoms with Crippen molar-refractivity contribution in [2.45, 2.75) is 23.4 Å². The van der Waals surface area contributed by atoms with E-state index in [1.54, 1.807) is 0 Å². The number of fused-ring (bicyclic) bond motifs is 1. The fourth-order valence-corrected chi connectivity index (χ4v) is 11.6. The van der Waals surface area contributed by atoms with Gasteiger partial charge in [0.2, 0.25) is 10.0 Å². The molecule has 44 heavy (non-hydrogen) atoms. The third kappa shape index (κ3) is 3.31. The van der Waals surface area contributed by atoms with E-state index in [4.69, 9.17) is 0 Å². The second-order valence-corrected chi connectivity index (χ2v) is 16.5. The molecular weight excluding hydrogens is 621 g/mol. The molecule has 7 saturated carbocycles. The number of nitrogens with zero attached hydrogens (tertiary/aromatic N) is 2. The molecule has 10 nitrogen and oxygen atoms in total. The van der Waals surface area contributed by atoms with Gasteiger partial charge in [0.1, 0.15) is 22.0 Å². The molecule has 2 aliphatic heterocycles. The third-order valence-electron chi connectivity index (χ3n) is 11.0. The fraction of sp³-hybridized carbons (Fsp3) is 0.448. The number of sulfonamides is 2. The highest BCUT2D eigenvalue weighted by molar-refractivity contribution is 7.92. The molecule has 2 aromatic carbocycles. The number of alkyl halides is 2. The van der Waals surface area contributed by atoms with Crippen LogP contribution in [0, 0.1) is 59.1 Å². The number of nitrogens with one attached hydrogen (secondary N) is 2. The number of anilines is 2. The van der Waals surface area contributed by atoms with Crippen LogP contribution in [0.5, 0.6) is 0 Å². The van der Waals surface area contributed by atoms with Crippen LogP contribution in [0.15, 0.2) is 63.1 Å². The van der Waals surface area contributed by atoms with E-state index in [1.807, 2.05) is 0 Å². The largest absolute Gasteiger partial charge is 0.511 e. The Morgan fingerprint density at radius 2 is 1.66 bits per heavy atom. The van der Waals surface area contributed by atoms with Gasteiger partial charge in [0.05, 0.1) is 11.9 Å². The highest BCUT2D eigenvalue weighted by atomic mass is 32.2. The van der Waals surface area contributed by atoms with Gasteiger partial charge in [-0.15, -0.1) is 4.40 Å². The van der Waals surface area contributed by atoms with Crippen molar-refractivity contribution in [3.8, 4) is 0 Å². The van der Waals surface area contributed by atoms with Crippen LogP contribution >= 0.6 is 0 Å². The molecule has 6 unspecified atom stereocenters. The van der Waals surface area contributed by atoms with Crippen molar-refractivity contribution in [1.29, 1.82) is 0 Å². The minimum Gasteiger partial charge on any atom is -0.511 e. The summed E-state index contributed by atoms with van der Waals surface area (Å²) in [5, 5.41) is 14.7. The Kier molecular flexibility index (Phi) is 4.85. The van der Waals surface area contributed by atoms with E-state index < -0.39 is 67.3 Å². The van der Waals surface area contributed by atoms with Crippen LogP contribution in [0.4, 0.5) is 24.5 Å². The quantitative estimate of drug-likeness (QED) is 0.453. The zero-order valence-electron chi connectivity index (χ0n) is 22.9. The van der Waals surface area contributed by atoms with Gasteiger partial charge in [-0.2, -0.15) is 8.42 Å². The predicted octanol–water partition coefficient (Wildman–Crippen LogP) is 3.18. The first kappa shape index (κ1) is 26.8. The molecular formula is C29H25F3N4O6S2. The maximum atomic E-state index is 15.3. The van der Waals surface area contributed by atoms with Gasteiger partial charge in [-0.1, -0.05) is 12.1 Å². The van der Waals surface area contributed by atoms with Gasteiger partial charge in [-0.05, 0) is 71.4 Å². The summed E-state index contributed by atoms with van der Waals surface area (Å²) in [5.74, 6) is -8.41. The zero-order valence-corrected chi connectivity index (χ0v) is 24.5. The maximum absolute atomic E-state index is 15.3. The van der Waals surface area contributed by atoms with E-state index in [0.717, 1.165) is 12.3 Å². The number of carbonyl (C=O) groups excluding carboxylic acids is 1. The van der Waals surface area contributed by atoms with E-state index in [0.29, 0.717) is 5.56 Å². The van der Waals surface area contributed by atoms with E-state index in [2.05, 4.69) is 14.4 Å². The first-order valence-electron chi connectivity index (χ1n) is 14.3. The summed E-state index contributed by atoms with van der Waals surface area (Å²) in [7, 11) is -8.18. The summed E-state index contributed by atoms with van der Waals surface area (Å²) in [6.45, 7) is 0.0118. The molecule has 230 valence electrons. The summed E-state index contributed by atoms with van der Waals surface area (Å²) in [4.78, 5) is 15.5. The average molecular weight is 647 g/mol. The van der Waals surface area contributed by atoms with Gasteiger partial charge in [0.25, 0.3) is 21.9 Å². The molecule has 15 heteroatoms. The lowest BCUT2D eigenvalue weighted by Gasteiger charge is -2.54. The van der Waals surface area contributed by atoms with E-state index in [9.17, 15) is 31.1 Å². The van der Waals surface area contributed by atoms with Crippen molar-refractivity contribution in [3.05, 3.63) is 65.2 Å². The van der Waals surface area contributed by atoms with Crippen LogP contribution in [-0.4, -0.2) is 56.8 Å². The Balaban J connectivity index is 1.16. The molecule has 0 radical (unpaired) electrons. The lowest BCUT2D eigenvalue weighted by atomic mass is 9.59. The second-order valence-electron chi connectivity index (χ2n) is 13.2. The van der Waals surface area contributed by atoms with Crippen LogP contribution < -0.4 is 10.0 Å². The molecule has 3 N–H and O–H groups in total. The molecule has 0 aromatic heterocycles. The SMILES string of the molecule is CS(=O)(=O)Nc1ccc2c(c1)S(=O)(=O)N=C(C1=C(O)[C@@H]3C4C5C6C(C7C4C7C(F)(F)C56)[C@@H]3N(Cc3ccc(F)cc3)C1=O)N2. The highest BCUT2D eigenvalue weighted by Gasteiger charge is 2.93. The van der Waals surface area contributed by atoms with Crippen LogP contribution in [0.25, 0.3) is 0 Å². The number of rotatable bonds is 5. The lowest BCUT2D eigenvalue weighted by molar-refractivity contribution is -0.141. The number of hydrogen-bond acceptors (Lipinski definition) is 7. The van der Waals surface area contributed by atoms with Crippen molar-refractivity contribution in [2.24, 2.45) is 57.7 Å². The smallest absolute Gasteiger partial charge is 0.286 e. The monoisotopic (exact) mass is 646 g/mol. The minimum absolute atomic E-state index is 0.00836. The van der Waals surface area contributed by atoms with Crippen molar-refractivity contribution in [3.63, 3.8) is 0 Å². The Morgan fingerprint density at radius 3 is 2.30 bits per heavy atom. The molecule has 8 bridgehead atoms. The number of hydrogen-bond donors (Lipinski definition) is 3. The van der Waals surface area contributed by atoms with Crippen molar-refractivity contribution in [2.75, 3.05) is 16.3 Å². The molecule has 0 spiro atoms. The van der Waals surface area contributed by atoms with Crippen molar-refractivity contribution in [1.82, 2.24) is 4.90 Å². The Labute approximate surface area is 250 Å². The Bertz CT molecular complexity index is 1970. The minimum atomic E-state index is -4.47. The zero-order chi connectivity index (χ0) is 30.8. The third-order valence-corrected chi connectivity index (χ3v) is 13.0. The number of aliphatic hydroxyl groups is 1. The first-order valence-corrected chi connectivity index (χ1v) is 17.6. The van der Waals surface area contributed by atoms with Gasteiger partial charge in [0, 0.05) is 36.0 Å².